The van der Waals surface area contributed by atoms with Crippen molar-refractivity contribution in [1.82, 2.24) is 4.57 Å². The van der Waals surface area contributed by atoms with Gasteiger partial charge in [0.25, 0.3) is 6.33 Å². The number of imidazole rings is 1. The first-order valence-corrected chi connectivity index (χ1v) is 10.5. The van der Waals surface area contributed by atoms with Gasteiger partial charge in [-0.3, -0.25) is 0 Å². The average molecular weight is 383 g/mol. The predicted octanol–water partition coefficient (Wildman–Crippen LogP) is 2.99. The van der Waals surface area contributed by atoms with Crippen molar-refractivity contribution in [2.24, 2.45) is 7.05 Å². The van der Waals surface area contributed by atoms with Crippen LogP contribution in [0.15, 0.2) is 30.9 Å². The van der Waals surface area contributed by atoms with E-state index >= 15 is 0 Å². The minimum atomic E-state index is 0. The zero-order chi connectivity index (χ0) is 18.2. The minimum absolute atomic E-state index is 0. The summed E-state index contributed by atoms with van der Waals surface area (Å²) < 4.78 is 3.59. The standard InChI is InChI=1S/C22H39N2O.ClH/c1-3-4-5-6-7-8-9-10-11-12-13-14-15-16-17-18-22(25)24-20-19-23(2)21-24;/h10-11,19-21H,3-9,12-18H2,1-2H3;1H/q+1;/p-1/b11-10-;. The highest BCUT2D eigenvalue weighted by atomic mass is 35.5. The highest BCUT2D eigenvalue weighted by molar-refractivity contribution is 5.66. The first kappa shape index (κ1) is 24.9. The number of carbonyl (C=O) groups is 1. The Bertz CT molecular complexity index is 482. The molecule has 0 amide bonds. The van der Waals surface area contributed by atoms with E-state index in [-0.39, 0.29) is 18.3 Å². The van der Waals surface area contributed by atoms with Crippen LogP contribution in [0.5, 0.6) is 0 Å². The molecule has 1 heterocycles. The molecule has 3 nitrogen and oxygen atoms in total. The molecule has 0 radical (unpaired) electrons. The number of hydrogen-bond donors (Lipinski definition) is 0. The molecule has 0 unspecified atom stereocenters. The van der Waals surface area contributed by atoms with Gasteiger partial charge in [0.1, 0.15) is 12.4 Å². The van der Waals surface area contributed by atoms with Crippen LogP contribution in [-0.4, -0.2) is 10.5 Å². The Morgan fingerprint density at radius 3 is 1.96 bits per heavy atom. The molecule has 0 atom stereocenters. The predicted molar refractivity (Wildman–Crippen MR) is 106 cm³/mol. The van der Waals surface area contributed by atoms with E-state index in [1.807, 2.05) is 30.3 Å². The molecule has 0 saturated carbocycles. The SMILES string of the molecule is CCCCCCCC/C=C\CCCCCCCC(=O)[n+]1ccn(C)c1.[Cl-]. The van der Waals surface area contributed by atoms with Gasteiger partial charge in [-0.05, 0) is 32.1 Å². The van der Waals surface area contributed by atoms with Crippen LogP contribution >= 0.6 is 0 Å². The van der Waals surface area contributed by atoms with Crippen molar-refractivity contribution in [2.75, 3.05) is 0 Å². The molecule has 0 bridgehead atoms. The van der Waals surface area contributed by atoms with E-state index in [1.165, 1.54) is 77.0 Å². The number of rotatable bonds is 15. The van der Waals surface area contributed by atoms with Crippen LogP contribution in [0.1, 0.15) is 102 Å². The van der Waals surface area contributed by atoms with Crippen molar-refractivity contribution in [1.29, 1.82) is 0 Å². The topological polar surface area (TPSA) is 25.9 Å². The highest BCUT2D eigenvalue weighted by Gasteiger charge is 2.10. The number of hydrogen-bond acceptors (Lipinski definition) is 1. The van der Waals surface area contributed by atoms with Crippen molar-refractivity contribution < 1.29 is 21.8 Å². The zero-order valence-electron chi connectivity index (χ0n) is 17.0. The molecule has 0 saturated heterocycles. The molecule has 1 rings (SSSR count). The lowest BCUT2D eigenvalue weighted by atomic mass is 10.1. The zero-order valence-corrected chi connectivity index (χ0v) is 17.7. The first-order valence-electron chi connectivity index (χ1n) is 10.5. The molecule has 150 valence electrons. The van der Waals surface area contributed by atoms with Gasteiger partial charge in [-0.25, -0.2) is 9.36 Å². The van der Waals surface area contributed by atoms with Crippen LogP contribution in [0.2, 0.25) is 0 Å². The third-order valence-corrected chi connectivity index (χ3v) is 4.71. The maximum Gasteiger partial charge on any atom is 0.313 e. The van der Waals surface area contributed by atoms with Gasteiger partial charge in [0, 0.05) is 0 Å². The van der Waals surface area contributed by atoms with E-state index in [9.17, 15) is 4.79 Å². The summed E-state index contributed by atoms with van der Waals surface area (Å²) in [4.78, 5) is 11.9. The Balaban J connectivity index is 0.00000625. The summed E-state index contributed by atoms with van der Waals surface area (Å²) in [5, 5.41) is 0. The Hall–Kier alpha value is -1.09. The molecule has 0 aliphatic carbocycles. The lowest BCUT2D eigenvalue weighted by molar-refractivity contribution is -0.573. The van der Waals surface area contributed by atoms with Crippen LogP contribution in [0, 0.1) is 0 Å². The molecule has 0 aromatic carbocycles. The summed E-state index contributed by atoms with van der Waals surface area (Å²) in [7, 11) is 1.94. The molecule has 4 heteroatoms. The van der Waals surface area contributed by atoms with Crippen LogP contribution in [-0.2, 0) is 7.05 Å². The smallest absolute Gasteiger partial charge is 0.313 e. The second kappa shape index (κ2) is 17.3. The maximum absolute atomic E-state index is 11.9. The largest absolute Gasteiger partial charge is 1.00 e. The normalized spacial score (nSPS) is 11.0. The maximum atomic E-state index is 11.9. The van der Waals surface area contributed by atoms with E-state index in [4.69, 9.17) is 0 Å². The molecule has 0 fully saturated rings. The van der Waals surface area contributed by atoms with Gasteiger partial charge in [0.15, 0.2) is 0 Å². The van der Waals surface area contributed by atoms with Crippen molar-refractivity contribution >= 4 is 5.91 Å². The number of aryl methyl sites for hydroxylation is 1. The lowest BCUT2D eigenvalue weighted by Crippen LogP contribution is -3.00. The van der Waals surface area contributed by atoms with Gasteiger partial charge < -0.3 is 12.4 Å². The van der Waals surface area contributed by atoms with Crippen molar-refractivity contribution in [3.8, 4) is 0 Å². The molecule has 0 aliphatic heterocycles. The summed E-state index contributed by atoms with van der Waals surface area (Å²) in [5.41, 5.74) is 0. The van der Waals surface area contributed by atoms with E-state index in [0.717, 1.165) is 6.42 Å². The van der Waals surface area contributed by atoms with E-state index < -0.39 is 0 Å². The summed E-state index contributed by atoms with van der Waals surface area (Å²) in [6, 6.07) is 0. The third-order valence-electron chi connectivity index (χ3n) is 4.71. The highest BCUT2D eigenvalue weighted by Crippen LogP contribution is 2.09. The lowest BCUT2D eigenvalue weighted by Gasteiger charge is -1.99. The monoisotopic (exact) mass is 382 g/mol. The summed E-state index contributed by atoms with van der Waals surface area (Å²) in [6.45, 7) is 2.27. The van der Waals surface area contributed by atoms with Crippen LogP contribution in [0.25, 0.3) is 0 Å². The number of nitrogens with zero attached hydrogens (tertiary/aromatic N) is 2. The number of allylic oxidation sites excluding steroid dienone is 2. The van der Waals surface area contributed by atoms with E-state index in [1.54, 1.807) is 4.57 Å². The van der Waals surface area contributed by atoms with Gasteiger partial charge in [-0.15, -0.1) is 0 Å². The van der Waals surface area contributed by atoms with Crippen molar-refractivity contribution in [3.63, 3.8) is 0 Å². The van der Waals surface area contributed by atoms with Gasteiger partial charge in [-0.2, -0.15) is 4.57 Å². The third kappa shape index (κ3) is 13.2. The molecule has 0 aliphatic rings. The summed E-state index contributed by atoms with van der Waals surface area (Å²) in [5.74, 6) is 0.207. The summed E-state index contributed by atoms with van der Waals surface area (Å²) >= 11 is 0. The average Bonchev–Trinajstić information content (AvgIpc) is 3.04. The number of aromatic nitrogens is 2. The van der Waals surface area contributed by atoms with Gasteiger partial charge in [0.2, 0.25) is 0 Å². The van der Waals surface area contributed by atoms with Crippen molar-refractivity contribution in [3.05, 3.63) is 30.9 Å². The second-order valence-corrected chi connectivity index (χ2v) is 7.21. The van der Waals surface area contributed by atoms with Crippen molar-refractivity contribution in [2.45, 2.75) is 96.8 Å². The fraction of sp³-hybridized carbons (Fsp3) is 0.727. The second-order valence-electron chi connectivity index (χ2n) is 7.21. The first-order chi connectivity index (χ1) is 12.2. The minimum Gasteiger partial charge on any atom is -1.00 e. The number of carbonyl (C=O) groups excluding carboxylic acids is 1. The van der Waals surface area contributed by atoms with E-state index in [0.29, 0.717) is 6.42 Å². The Morgan fingerprint density at radius 1 is 0.885 bits per heavy atom. The Morgan fingerprint density at radius 2 is 1.42 bits per heavy atom. The Kier molecular flexibility index (Phi) is 16.6. The quantitative estimate of drug-likeness (QED) is 0.260. The van der Waals surface area contributed by atoms with Crippen LogP contribution in [0.3, 0.4) is 0 Å². The molecule has 0 spiro atoms. The molecular formula is C22H39ClN2O. The summed E-state index contributed by atoms with van der Waals surface area (Å²) in [6.07, 6.45) is 27.7. The molecule has 1 aromatic rings. The molecule has 26 heavy (non-hydrogen) atoms. The fourth-order valence-electron chi connectivity index (χ4n) is 3.07. The fourth-order valence-corrected chi connectivity index (χ4v) is 3.07. The van der Waals surface area contributed by atoms with Crippen LogP contribution < -0.4 is 17.0 Å². The van der Waals surface area contributed by atoms with Crippen LogP contribution in [0.4, 0.5) is 0 Å². The van der Waals surface area contributed by atoms with E-state index in [2.05, 4.69) is 19.1 Å². The van der Waals surface area contributed by atoms with Gasteiger partial charge in [-0.1, -0.05) is 70.4 Å². The Labute approximate surface area is 167 Å². The molecule has 0 N–H and O–H groups in total. The number of unbranched alkanes of at least 4 members (excludes halogenated alkanes) is 11. The van der Waals surface area contributed by atoms with Gasteiger partial charge >= 0.3 is 5.91 Å². The molecular weight excluding hydrogens is 344 g/mol. The molecule has 1 aromatic heterocycles. The van der Waals surface area contributed by atoms with Gasteiger partial charge in [0.05, 0.1) is 13.5 Å². The number of halogens is 1.